The molecule has 0 N–H and O–H groups in total. The van der Waals surface area contributed by atoms with Crippen molar-refractivity contribution >= 4 is 0 Å². The first-order valence-corrected chi connectivity index (χ1v) is 6.74. The fourth-order valence-electron chi connectivity index (χ4n) is 3.38. The lowest BCUT2D eigenvalue weighted by Crippen LogP contribution is -2.50. The molecule has 16 heavy (non-hydrogen) atoms. The van der Waals surface area contributed by atoms with Crippen LogP contribution in [0.3, 0.4) is 0 Å². The SMILES string of the molecule is CC(C)(C)C1CC2(CCN(CCF)CC2)C1. The first-order valence-electron chi connectivity index (χ1n) is 6.74. The van der Waals surface area contributed by atoms with Crippen LogP contribution in [-0.2, 0) is 0 Å². The highest BCUT2D eigenvalue weighted by molar-refractivity contribution is 5.00. The number of hydrogen-bond acceptors (Lipinski definition) is 1. The molecule has 0 radical (unpaired) electrons. The van der Waals surface area contributed by atoms with E-state index in [-0.39, 0.29) is 6.67 Å². The summed E-state index contributed by atoms with van der Waals surface area (Å²) in [5.41, 5.74) is 1.13. The highest BCUT2D eigenvalue weighted by atomic mass is 19.1. The average molecular weight is 227 g/mol. The van der Waals surface area contributed by atoms with Crippen LogP contribution in [0, 0.1) is 16.7 Å². The molecule has 2 aliphatic rings. The van der Waals surface area contributed by atoms with E-state index in [0.29, 0.717) is 17.4 Å². The molecule has 0 bridgehead atoms. The Morgan fingerprint density at radius 3 is 2.19 bits per heavy atom. The van der Waals surface area contributed by atoms with Crippen LogP contribution in [0.4, 0.5) is 4.39 Å². The summed E-state index contributed by atoms with van der Waals surface area (Å²) in [6, 6.07) is 0. The molecular formula is C14H26FN. The molecule has 2 fully saturated rings. The second-order valence-corrected chi connectivity index (χ2v) is 7.00. The highest BCUT2D eigenvalue weighted by Crippen LogP contribution is 2.57. The van der Waals surface area contributed by atoms with Crippen LogP contribution in [-0.4, -0.2) is 31.2 Å². The van der Waals surface area contributed by atoms with Gasteiger partial charge in [-0.15, -0.1) is 0 Å². The zero-order chi connectivity index (χ0) is 11.8. The Bertz CT molecular complexity index is 228. The van der Waals surface area contributed by atoms with Gasteiger partial charge in [0.05, 0.1) is 0 Å². The van der Waals surface area contributed by atoms with Gasteiger partial charge in [0, 0.05) is 6.54 Å². The summed E-state index contributed by atoms with van der Waals surface area (Å²) in [5.74, 6) is 0.917. The molecule has 0 amide bonds. The number of hydrogen-bond donors (Lipinski definition) is 0. The summed E-state index contributed by atoms with van der Waals surface area (Å²) < 4.78 is 12.2. The molecule has 0 aromatic heterocycles. The first kappa shape index (κ1) is 12.3. The lowest BCUT2D eigenvalue weighted by atomic mass is 9.52. The predicted octanol–water partition coefficient (Wildman–Crippen LogP) is 3.49. The standard InChI is InChI=1S/C14H26FN/c1-13(2,3)12-10-14(11-12)4-7-16(8-5-14)9-6-15/h12H,4-11H2,1-3H3. The second-order valence-electron chi connectivity index (χ2n) is 7.00. The normalized spacial score (nSPS) is 27.0. The monoisotopic (exact) mass is 227 g/mol. The summed E-state index contributed by atoms with van der Waals surface area (Å²) in [4.78, 5) is 2.29. The number of piperidine rings is 1. The minimum Gasteiger partial charge on any atom is -0.301 e. The Morgan fingerprint density at radius 2 is 1.75 bits per heavy atom. The molecule has 2 heteroatoms. The number of alkyl halides is 1. The number of nitrogens with zero attached hydrogens (tertiary/aromatic N) is 1. The molecule has 0 aromatic rings. The van der Waals surface area contributed by atoms with Crippen LogP contribution >= 0.6 is 0 Å². The van der Waals surface area contributed by atoms with Gasteiger partial charge in [0.1, 0.15) is 6.67 Å². The van der Waals surface area contributed by atoms with Gasteiger partial charge in [-0.3, -0.25) is 0 Å². The Morgan fingerprint density at radius 1 is 1.19 bits per heavy atom. The highest BCUT2D eigenvalue weighted by Gasteiger charge is 2.49. The van der Waals surface area contributed by atoms with Crippen LogP contribution in [0.2, 0.25) is 0 Å². The molecule has 1 aliphatic carbocycles. The molecule has 94 valence electrons. The van der Waals surface area contributed by atoms with E-state index in [2.05, 4.69) is 25.7 Å². The van der Waals surface area contributed by atoms with Crippen molar-refractivity contribution in [2.24, 2.45) is 16.7 Å². The van der Waals surface area contributed by atoms with Crippen LogP contribution < -0.4 is 0 Å². The van der Waals surface area contributed by atoms with E-state index in [9.17, 15) is 4.39 Å². The largest absolute Gasteiger partial charge is 0.301 e. The van der Waals surface area contributed by atoms with Crippen LogP contribution in [0.25, 0.3) is 0 Å². The molecule has 2 rings (SSSR count). The van der Waals surface area contributed by atoms with Crippen molar-refractivity contribution in [2.45, 2.75) is 46.5 Å². The molecular weight excluding hydrogens is 201 g/mol. The van der Waals surface area contributed by atoms with Crippen molar-refractivity contribution in [1.29, 1.82) is 0 Å². The third-order valence-electron chi connectivity index (χ3n) is 4.90. The van der Waals surface area contributed by atoms with Gasteiger partial charge in [0.15, 0.2) is 0 Å². The van der Waals surface area contributed by atoms with Crippen LogP contribution in [0.15, 0.2) is 0 Å². The summed E-state index contributed by atoms with van der Waals surface area (Å²) in [7, 11) is 0. The van der Waals surface area contributed by atoms with Crippen molar-refractivity contribution < 1.29 is 4.39 Å². The van der Waals surface area contributed by atoms with E-state index >= 15 is 0 Å². The molecule has 1 heterocycles. The first-order chi connectivity index (χ1) is 7.45. The summed E-state index contributed by atoms with van der Waals surface area (Å²) in [5, 5.41) is 0. The number of halogens is 1. The Hall–Kier alpha value is -0.110. The molecule has 0 atom stereocenters. The summed E-state index contributed by atoms with van der Waals surface area (Å²) >= 11 is 0. The quantitative estimate of drug-likeness (QED) is 0.698. The Labute approximate surface area is 99.4 Å². The van der Waals surface area contributed by atoms with Gasteiger partial charge in [-0.1, -0.05) is 20.8 Å². The smallest absolute Gasteiger partial charge is 0.102 e. The number of rotatable bonds is 2. The molecule has 1 spiro atoms. The zero-order valence-electron chi connectivity index (χ0n) is 11.1. The summed E-state index contributed by atoms with van der Waals surface area (Å²) in [6.07, 6.45) is 5.44. The van der Waals surface area contributed by atoms with E-state index < -0.39 is 0 Å². The van der Waals surface area contributed by atoms with Gasteiger partial charge in [-0.05, 0) is 55.5 Å². The number of likely N-dealkylation sites (tertiary alicyclic amines) is 1. The zero-order valence-corrected chi connectivity index (χ0v) is 11.1. The van der Waals surface area contributed by atoms with Crippen molar-refractivity contribution in [1.82, 2.24) is 4.90 Å². The minimum atomic E-state index is -0.183. The van der Waals surface area contributed by atoms with Gasteiger partial charge in [-0.25, -0.2) is 4.39 Å². The molecule has 1 aliphatic heterocycles. The fraction of sp³-hybridized carbons (Fsp3) is 1.00. The van der Waals surface area contributed by atoms with E-state index in [1.54, 1.807) is 0 Å². The lowest BCUT2D eigenvalue weighted by Gasteiger charge is -2.56. The maximum atomic E-state index is 12.2. The Balaban J connectivity index is 1.79. The van der Waals surface area contributed by atoms with Gasteiger partial charge in [0.2, 0.25) is 0 Å². The third kappa shape index (κ3) is 2.42. The molecule has 0 unspecified atom stereocenters. The van der Waals surface area contributed by atoms with E-state index in [1.807, 2.05) is 0 Å². The molecule has 0 aromatic carbocycles. The van der Waals surface area contributed by atoms with Gasteiger partial charge >= 0.3 is 0 Å². The third-order valence-corrected chi connectivity index (χ3v) is 4.90. The van der Waals surface area contributed by atoms with E-state index in [0.717, 1.165) is 19.0 Å². The fourth-order valence-corrected chi connectivity index (χ4v) is 3.38. The van der Waals surface area contributed by atoms with Crippen molar-refractivity contribution in [3.63, 3.8) is 0 Å². The molecule has 1 saturated carbocycles. The van der Waals surface area contributed by atoms with Crippen LogP contribution in [0.1, 0.15) is 46.5 Å². The molecule has 1 nitrogen and oxygen atoms in total. The van der Waals surface area contributed by atoms with Gasteiger partial charge in [0.25, 0.3) is 0 Å². The van der Waals surface area contributed by atoms with Gasteiger partial charge < -0.3 is 4.90 Å². The molecule has 1 saturated heterocycles. The Kier molecular flexibility index (Phi) is 3.31. The summed E-state index contributed by atoms with van der Waals surface area (Å²) in [6.45, 7) is 9.81. The maximum absolute atomic E-state index is 12.2. The maximum Gasteiger partial charge on any atom is 0.102 e. The predicted molar refractivity (Wildman–Crippen MR) is 66.3 cm³/mol. The van der Waals surface area contributed by atoms with E-state index in [4.69, 9.17) is 0 Å². The minimum absolute atomic E-state index is 0.183. The topological polar surface area (TPSA) is 3.24 Å². The van der Waals surface area contributed by atoms with E-state index in [1.165, 1.54) is 25.7 Å². The van der Waals surface area contributed by atoms with Crippen molar-refractivity contribution in [3.8, 4) is 0 Å². The van der Waals surface area contributed by atoms with Crippen LogP contribution in [0.5, 0.6) is 0 Å². The average Bonchev–Trinajstić information content (AvgIpc) is 2.14. The van der Waals surface area contributed by atoms with Crippen molar-refractivity contribution in [2.75, 3.05) is 26.3 Å². The van der Waals surface area contributed by atoms with Gasteiger partial charge in [-0.2, -0.15) is 0 Å². The van der Waals surface area contributed by atoms with Crippen molar-refractivity contribution in [3.05, 3.63) is 0 Å². The lowest BCUT2D eigenvalue weighted by molar-refractivity contribution is -0.0567. The second kappa shape index (κ2) is 4.29.